The maximum atomic E-state index is 13.3. The summed E-state index contributed by atoms with van der Waals surface area (Å²) in [5, 5.41) is 2.78. The molecule has 0 saturated heterocycles. The van der Waals surface area contributed by atoms with Gasteiger partial charge in [0, 0.05) is 12.1 Å². The summed E-state index contributed by atoms with van der Waals surface area (Å²) in [4.78, 5) is 11.4. The summed E-state index contributed by atoms with van der Waals surface area (Å²) in [7, 11) is 0. The van der Waals surface area contributed by atoms with E-state index in [-0.39, 0.29) is 11.7 Å². The van der Waals surface area contributed by atoms with Crippen molar-refractivity contribution in [3.05, 3.63) is 47.3 Å². The first-order chi connectivity index (χ1) is 10.0. The lowest BCUT2D eigenvalue weighted by Gasteiger charge is -2.19. The molecule has 21 heavy (non-hydrogen) atoms. The van der Waals surface area contributed by atoms with Crippen LogP contribution in [0.5, 0.6) is 11.5 Å². The van der Waals surface area contributed by atoms with E-state index >= 15 is 0 Å². The largest absolute Gasteiger partial charge is 0.455 e. The molecule has 2 aromatic carbocycles. The van der Waals surface area contributed by atoms with Crippen LogP contribution >= 0.6 is 0 Å². The summed E-state index contributed by atoms with van der Waals surface area (Å²) in [6.45, 7) is 1.67. The lowest BCUT2D eigenvalue weighted by Crippen LogP contribution is -2.19. The van der Waals surface area contributed by atoms with Gasteiger partial charge in [-0.05, 0) is 54.8 Å². The van der Waals surface area contributed by atoms with Gasteiger partial charge in [-0.25, -0.2) is 4.39 Å². The predicted molar refractivity (Wildman–Crippen MR) is 79.0 cm³/mol. The van der Waals surface area contributed by atoms with Gasteiger partial charge in [0.25, 0.3) is 0 Å². The molecule has 0 aliphatic carbocycles. The van der Waals surface area contributed by atoms with Crippen LogP contribution in [0.4, 0.5) is 15.8 Å². The Labute approximate surface area is 121 Å². The molecule has 1 aliphatic heterocycles. The van der Waals surface area contributed by atoms with Crippen LogP contribution in [0, 0.1) is 12.7 Å². The van der Waals surface area contributed by atoms with Gasteiger partial charge in [0.2, 0.25) is 5.91 Å². The third-order valence-electron chi connectivity index (χ3n) is 3.49. The van der Waals surface area contributed by atoms with E-state index in [9.17, 15) is 9.18 Å². The third-order valence-corrected chi connectivity index (χ3v) is 3.49. The molecule has 0 spiro atoms. The number of halogens is 1. The number of nitrogen functional groups attached to an aromatic ring is 1. The lowest BCUT2D eigenvalue weighted by atomic mass is 10.0. The normalized spacial score (nSPS) is 13.5. The van der Waals surface area contributed by atoms with Gasteiger partial charge in [-0.1, -0.05) is 0 Å². The van der Waals surface area contributed by atoms with Gasteiger partial charge in [-0.2, -0.15) is 0 Å². The number of hydrogen-bond donors (Lipinski definition) is 2. The van der Waals surface area contributed by atoms with Crippen LogP contribution < -0.4 is 15.8 Å². The average molecular weight is 286 g/mol. The van der Waals surface area contributed by atoms with Gasteiger partial charge in [-0.15, -0.1) is 0 Å². The summed E-state index contributed by atoms with van der Waals surface area (Å²) in [6, 6.07) is 8.05. The van der Waals surface area contributed by atoms with Crippen LogP contribution in [-0.2, 0) is 11.2 Å². The molecule has 0 aromatic heterocycles. The van der Waals surface area contributed by atoms with Crippen LogP contribution in [-0.4, -0.2) is 5.91 Å². The van der Waals surface area contributed by atoms with E-state index in [0.717, 1.165) is 11.3 Å². The molecule has 0 bridgehead atoms. The van der Waals surface area contributed by atoms with E-state index in [2.05, 4.69) is 5.32 Å². The first-order valence-electron chi connectivity index (χ1n) is 6.69. The predicted octanol–water partition coefficient (Wildman–Crippen LogP) is 3.39. The standard InChI is InChI=1S/C16H15FN2O2/c1-9-6-11(3-4-12(9)17)21-15-7-10-2-5-16(20)19-14(10)8-13(15)18/h3-4,6-8H,2,5,18H2,1H3,(H,19,20). The molecule has 3 N–H and O–H groups in total. The number of amides is 1. The van der Waals surface area contributed by atoms with Gasteiger partial charge in [-0.3, -0.25) is 4.79 Å². The van der Waals surface area contributed by atoms with E-state index in [0.29, 0.717) is 35.6 Å². The Morgan fingerprint density at radius 1 is 1.24 bits per heavy atom. The molecule has 0 radical (unpaired) electrons. The van der Waals surface area contributed by atoms with Crippen molar-refractivity contribution in [2.75, 3.05) is 11.1 Å². The summed E-state index contributed by atoms with van der Waals surface area (Å²) in [5.74, 6) is 0.754. The molecule has 1 amide bonds. The van der Waals surface area contributed by atoms with Crippen molar-refractivity contribution in [2.24, 2.45) is 0 Å². The van der Waals surface area contributed by atoms with E-state index < -0.39 is 0 Å². The molecule has 108 valence electrons. The van der Waals surface area contributed by atoms with Gasteiger partial charge in [0.1, 0.15) is 11.6 Å². The smallest absolute Gasteiger partial charge is 0.224 e. The molecule has 1 aliphatic rings. The van der Waals surface area contributed by atoms with Crippen LogP contribution in [0.25, 0.3) is 0 Å². The fourth-order valence-electron chi connectivity index (χ4n) is 2.32. The molecule has 5 heteroatoms. The Morgan fingerprint density at radius 2 is 2.05 bits per heavy atom. The zero-order chi connectivity index (χ0) is 15.0. The average Bonchev–Trinajstić information content (AvgIpc) is 2.44. The number of aryl methyl sites for hydroxylation is 2. The molecule has 1 heterocycles. The summed E-state index contributed by atoms with van der Waals surface area (Å²) in [6.07, 6.45) is 1.10. The topological polar surface area (TPSA) is 64.3 Å². The Bertz CT molecular complexity index is 728. The highest BCUT2D eigenvalue weighted by Gasteiger charge is 2.17. The Kier molecular flexibility index (Phi) is 3.25. The lowest BCUT2D eigenvalue weighted by molar-refractivity contribution is -0.116. The molecular formula is C16H15FN2O2. The molecule has 0 atom stereocenters. The highest BCUT2D eigenvalue weighted by atomic mass is 19.1. The number of carbonyl (C=O) groups excluding carboxylic acids is 1. The highest BCUT2D eigenvalue weighted by molar-refractivity contribution is 5.94. The SMILES string of the molecule is Cc1cc(Oc2cc3c(cc2N)NC(=O)CC3)ccc1F. The molecule has 0 fully saturated rings. The molecule has 3 rings (SSSR count). The van der Waals surface area contributed by atoms with Crippen molar-refractivity contribution >= 4 is 17.3 Å². The molecular weight excluding hydrogens is 271 g/mol. The number of benzene rings is 2. The van der Waals surface area contributed by atoms with Gasteiger partial charge < -0.3 is 15.8 Å². The number of rotatable bonds is 2. The number of carbonyl (C=O) groups is 1. The van der Waals surface area contributed by atoms with Crippen molar-refractivity contribution in [3.8, 4) is 11.5 Å². The maximum Gasteiger partial charge on any atom is 0.224 e. The quantitative estimate of drug-likeness (QED) is 0.832. The third kappa shape index (κ3) is 2.67. The summed E-state index contributed by atoms with van der Waals surface area (Å²) in [5.41, 5.74) is 8.61. The molecule has 0 saturated carbocycles. The zero-order valence-electron chi connectivity index (χ0n) is 11.6. The first kappa shape index (κ1) is 13.4. The summed E-state index contributed by atoms with van der Waals surface area (Å²) >= 11 is 0. The van der Waals surface area contributed by atoms with E-state index in [4.69, 9.17) is 10.5 Å². The number of anilines is 2. The minimum Gasteiger partial charge on any atom is -0.455 e. The summed E-state index contributed by atoms with van der Waals surface area (Å²) < 4.78 is 19.0. The minimum absolute atomic E-state index is 0.00951. The van der Waals surface area contributed by atoms with Crippen molar-refractivity contribution in [1.82, 2.24) is 0 Å². The van der Waals surface area contributed by atoms with Crippen LogP contribution in [0.2, 0.25) is 0 Å². The van der Waals surface area contributed by atoms with E-state index in [1.807, 2.05) is 6.07 Å². The van der Waals surface area contributed by atoms with Crippen molar-refractivity contribution in [1.29, 1.82) is 0 Å². The second kappa shape index (κ2) is 5.09. The second-order valence-corrected chi connectivity index (χ2v) is 5.11. The zero-order valence-corrected chi connectivity index (χ0v) is 11.6. The van der Waals surface area contributed by atoms with Gasteiger partial charge in [0.05, 0.1) is 5.69 Å². The minimum atomic E-state index is -0.275. The molecule has 0 unspecified atom stereocenters. The molecule has 4 nitrogen and oxygen atoms in total. The fraction of sp³-hybridized carbons (Fsp3) is 0.188. The first-order valence-corrected chi connectivity index (χ1v) is 6.69. The Hall–Kier alpha value is -2.56. The van der Waals surface area contributed by atoms with E-state index in [1.54, 1.807) is 25.1 Å². The fourth-order valence-corrected chi connectivity index (χ4v) is 2.32. The number of nitrogens with two attached hydrogens (primary N) is 1. The molecule has 2 aromatic rings. The maximum absolute atomic E-state index is 13.3. The Morgan fingerprint density at radius 3 is 2.81 bits per heavy atom. The number of fused-ring (bicyclic) bond motifs is 1. The van der Waals surface area contributed by atoms with E-state index in [1.165, 1.54) is 6.07 Å². The number of nitrogens with one attached hydrogen (secondary N) is 1. The van der Waals surface area contributed by atoms with Crippen LogP contribution in [0.1, 0.15) is 17.5 Å². The number of hydrogen-bond acceptors (Lipinski definition) is 3. The second-order valence-electron chi connectivity index (χ2n) is 5.11. The van der Waals surface area contributed by atoms with Crippen LogP contribution in [0.15, 0.2) is 30.3 Å². The highest BCUT2D eigenvalue weighted by Crippen LogP contribution is 2.35. The van der Waals surface area contributed by atoms with Crippen molar-refractivity contribution < 1.29 is 13.9 Å². The van der Waals surface area contributed by atoms with Gasteiger partial charge in [0.15, 0.2) is 5.75 Å². The number of ether oxygens (including phenoxy) is 1. The van der Waals surface area contributed by atoms with Crippen LogP contribution in [0.3, 0.4) is 0 Å². The van der Waals surface area contributed by atoms with Crippen molar-refractivity contribution in [2.45, 2.75) is 19.8 Å². The van der Waals surface area contributed by atoms with Gasteiger partial charge >= 0.3 is 0 Å². The monoisotopic (exact) mass is 286 g/mol. The Balaban J connectivity index is 1.92. The van der Waals surface area contributed by atoms with Crippen molar-refractivity contribution in [3.63, 3.8) is 0 Å².